The van der Waals surface area contributed by atoms with Gasteiger partial charge in [0.05, 0.1) is 13.2 Å². The van der Waals surface area contributed by atoms with Crippen LogP contribution in [0.3, 0.4) is 0 Å². The topological polar surface area (TPSA) is 38.8 Å². The average Bonchev–Trinajstić information content (AvgIpc) is 3.00. The summed E-state index contributed by atoms with van der Waals surface area (Å²) in [6, 6.07) is 7.94. The first-order chi connectivity index (χ1) is 7.29. The van der Waals surface area contributed by atoms with Gasteiger partial charge in [-0.05, 0) is 17.7 Å². The summed E-state index contributed by atoms with van der Waals surface area (Å²) in [6.45, 7) is 1.04. The van der Waals surface area contributed by atoms with Crippen LogP contribution < -0.4 is 0 Å². The number of ether oxygens (including phenoxy) is 2. The van der Waals surface area contributed by atoms with Crippen molar-refractivity contribution < 1.29 is 14.3 Å². The number of halogens is 1. The SMILES string of the molecule is O=CC1OC1COCc1ccc(Br)cc1. The molecule has 0 aromatic heterocycles. The van der Waals surface area contributed by atoms with E-state index in [1.165, 1.54) is 0 Å². The van der Waals surface area contributed by atoms with Crippen LogP contribution in [-0.4, -0.2) is 25.1 Å². The van der Waals surface area contributed by atoms with Gasteiger partial charge in [0, 0.05) is 4.47 Å². The van der Waals surface area contributed by atoms with Crippen LogP contribution in [0, 0.1) is 0 Å². The van der Waals surface area contributed by atoms with E-state index < -0.39 is 0 Å². The predicted octanol–water partition coefficient (Wildman–Crippen LogP) is 1.93. The van der Waals surface area contributed by atoms with E-state index in [0.717, 1.165) is 16.3 Å². The van der Waals surface area contributed by atoms with Gasteiger partial charge in [0.15, 0.2) is 6.29 Å². The van der Waals surface area contributed by atoms with Gasteiger partial charge in [-0.25, -0.2) is 0 Å². The molecule has 1 aromatic rings. The minimum atomic E-state index is -0.241. The molecule has 0 saturated carbocycles. The summed E-state index contributed by atoms with van der Waals surface area (Å²) in [5, 5.41) is 0. The van der Waals surface area contributed by atoms with E-state index in [-0.39, 0.29) is 12.2 Å². The fourth-order valence-electron chi connectivity index (χ4n) is 1.28. The normalized spacial score (nSPS) is 23.8. The Morgan fingerprint density at radius 2 is 2.13 bits per heavy atom. The highest BCUT2D eigenvalue weighted by Crippen LogP contribution is 2.20. The van der Waals surface area contributed by atoms with Gasteiger partial charge in [0.2, 0.25) is 0 Å². The van der Waals surface area contributed by atoms with Crippen molar-refractivity contribution in [3.63, 3.8) is 0 Å². The van der Waals surface area contributed by atoms with Gasteiger partial charge in [-0.2, -0.15) is 0 Å². The molecule has 1 heterocycles. The van der Waals surface area contributed by atoms with Crippen LogP contribution in [0.4, 0.5) is 0 Å². The molecule has 15 heavy (non-hydrogen) atoms. The molecule has 1 fully saturated rings. The summed E-state index contributed by atoms with van der Waals surface area (Å²) in [6.07, 6.45) is 0.543. The van der Waals surface area contributed by atoms with Crippen molar-refractivity contribution in [3.05, 3.63) is 34.3 Å². The van der Waals surface area contributed by atoms with Gasteiger partial charge in [0.25, 0.3) is 0 Å². The Hall–Kier alpha value is -0.710. The fourth-order valence-corrected chi connectivity index (χ4v) is 1.55. The lowest BCUT2D eigenvalue weighted by Gasteiger charge is -2.02. The van der Waals surface area contributed by atoms with Crippen LogP contribution in [-0.2, 0) is 20.9 Å². The van der Waals surface area contributed by atoms with E-state index in [4.69, 9.17) is 9.47 Å². The number of benzene rings is 1. The highest BCUT2D eigenvalue weighted by Gasteiger charge is 2.38. The smallest absolute Gasteiger partial charge is 0.151 e. The second kappa shape index (κ2) is 4.88. The fraction of sp³-hybridized carbons (Fsp3) is 0.364. The number of rotatable bonds is 5. The molecule has 80 valence electrons. The average molecular weight is 271 g/mol. The van der Waals surface area contributed by atoms with Gasteiger partial charge in [0.1, 0.15) is 12.2 Å². The second-order valence-electron chi connectivity index (χ2n) is 3.42. The maximum atomic E-state index is 10.3. The largest absolute Gasteiger partial charge is 0.374 e. The zero-order valence-electron chi connectivity index (χ0n) is 8.06. The first kappa shape index (κ1) is 10.8. The maximum absolute atomic E-state index is 10.3. The quantitative estimate of drug-likeness (QED) is 0.606. The molecule has 2 rings (SSSR count). The Morgan fingerprint density at radius 3 is 2.73 bits per heavy atom. The molecule has 2 unspecified atom stereocenters. The van der Waals surface area contributed by atoms with Gasteiger partial charge in [-0.1, -0.05) is 28.1 Å². The number of carbonyl (C=O) groups is 1. The third-order valence-electron chi connectivity index (χ3n) is 2.22. The van der Waals surface area contributed by atoms with E-state index in [2.05, 4.69) is 15.9 Å². The van der Waals surface area contributed by atoms with Gasteiger partial charge >= 0.3 is 0 Å². The summed E-state index contributed by atoms with van der Waals surface area (Å²) >= 11 is 3.36. The Balaban J connectivity index is 1.70. The Kier molecular flexibility index (Phi) is 3.51. The molecule has 2 atom stereocenters. The first-order valence-electron chi connectivity index (χ1n) is 4.72. The minimum Gasteiger partial charge on any atom is -0.374 e. The molecule has 0 radical (unpaired) electrons. The van der Waals surface area contributed by atoms with Gasteiger partial charge < -0.3 is 14.3 Å². The van der Waals surface area contributed by atoms with Crippen LogP contribution in [0.1, 0.15) is 5.56 Å². The molecular weight excluding hydrogens is 260 g/mol. The van der Waals surface area contributed by atoms with E-state index >= 15 is 0 Å². The molecular formula is C11H11BrO3. The monoisotopic (exact) mass is 270 g/mol. The van der Waals surface area contributed by atoms with Crippen LogP contribution in [0.25, 0.3) is 0 Å². The lowest BCUT2D eigenvalue weighted by molar-refractivity contribution is -0.108. The minimum absolute atomic E-state index is 0.0297. The number of epoxide rings is 1. The lowest BCUT2D eigenvalue weighted by atomic mass is 10.2. The van der Waals surface area contributed by atoms with Crippen molar-refractivity contribution in [2.75, 3.05) is 6.61 Å². The van der Waals surface area contributed by atoms with E-state index in [0.29, 0.717) is 13.2 Å². The van der Waals surface area contributed by atoms with Crippen molar-refractivity contribution >= 4 is 22.2 Å². The van der Waals surface area contributed by atoms with Crippen LogP contribution in [0.5, 0.6) is 0 Å². The molecule has 1 aliphatic rings. The predicted molar refractivity (Wildman–Crippen MR) is 58.5 cm³/mol. The van der Waals surface area contributed by atoms with E-state index in [1.54, 1.807) is 0 Å². The summed E-state index contributed by atoms with van der Waals surface area (Å²) in [5.74, 6) is 0. The number of hydrogen-bond donors (Lipinski definition) is 0. The Bertz CT molecular complexity index is 336. The second-order valence-corrected chi connectivity index (χ2v) is 4.33. The molecule has 4 heteroatoms. The van der Waals surface area contributed by atoms with Crippen molar-refractivity contribution in [2.45, 2.75) is 18.8 Å². The Labute approximate surface area is 96.5 Å². The molecule has 1 aliphatic heterocycles. The Morgan fingerprint density at radius 1 is 1.40 bits per heavy atom. The van der Waals surface area contributed by atoms with Crippen molar-refractivity contribution in [1.29, 1.82) is 0 Å². The first-order valence-corrected chi connectivity index (χ1v) is 5.52. The molecule has 0 spiro atoms. The molecule has 1 aromatic carbocycles. The number of carbonyl (C=O) groups excluding carboxylic acids is 1. The zero-order chi connectivity index (χ0) is 10.7. The third kappa shape index (κ3) is 3.12. The van der Waals surface area contributed by atoms with Crippen molar-refractivity contribution in [1.82, 2.24) is 0 Å². The molecule has 0 bridgehead atoms. The molecule has 0 amide bonds. The standard InChI is InChI=1S/C11H11BrO3/c12-9-3-1-8(2-4-9)6-14-7-11-10(5-13)15-11/h1-5,10-11H,6-7H2. The zero-order valence-corrected chi connectivity index (χ0v) is 9.64. The van der Waals surface area contributed by atoms with Crippen LogP contribution in [0.2, 0.25) is 0 Å². The molecule has 1 saturated heterocycles. The van der Waals surface area contributed by atoms with E-state index in [1.807, 2.05) is 24.3 Å². The highest BCUT2D eigenvalue weighted by molar-refractivity contribution is 9.10. The summed E-state index contributed by atoms with van der Waals surface area (Å²) < 4.78 is 11.5. The maximum Gasteiger partial charge on any atom is 0.151 e. The number of aldehydes is 1. The summed E-state index contributed by atoms with van der Waals surface area (Å²) in [7, 11) is 0. The van der Waals surface area contributed by atoms with Crippen molar-refractivity contribution in [2.24, 2.45) is 0 Å². The summed E-state index contributed by atoms with van der Waals surface area (Å²) in [5.41, 5.74) is 1.11. The van der Waals surface area contributed by atoms with Gasteiger partial charge in [-0.15, -0.1) is 0 Å². The van der Waals surface area contributed by atoms with E-state index in [9.17, 15) is 4.79 Å². The third-order valence-corrected chi connectivity index (χ3v) is 2.75. The lowest BCUT2D eigenvalue weighted by Crippen LogP contribution is -2.05. The molecule has 0 aliphatic carbocycles. The van der Waals surface area contributed by atoms with Gasteiger partial charge in [-0.3, -0.25) is 0 Å². The van der Waals surface area contributed by atoms with Crippen LogP contribution >= 0.6 is 15.9 Å². The molecule has 3 nitrogen and oxygen atoms in total. The van der Waals surface area contributed by atoms with Crippen molar-refractivity contribution in [3.8, 4) is 0 Å². The number of hydrogen-bond acceptors (Lipinski definition) is 3. The summed E-state index contributed by atoms with van der Waals surface area (Å²) in [4.78, 5) is 10.3. The molecule has 0 N–H and O–H groups in total. The van der Waals surface area contributed by atoms with Crippen LogP contribution in [0.15, 0.2) is 28.7 Å². The highest BCUT2D eigenvalue weighted by atomic mass is 79.9.